The molecule has 7 nitrogen and oxygen atoms in total. The van der Waals surface area contributed by atoms with E-state index in [9.17, 15) is 18.0 Å². The van der Waals surface area contributed by atoms with E-state index in [1.165, 1.54) is 6.07 Å². The van der Waals surface area contributed by atoms with Crippen molar-refractivity contribution in [3.8, 4) is 0 Å². The summed E-state index contributed by atoms with van der Waals surface area (Å²) in [6.07, 6.45) is 2.05. The average Bonchev–Trinajstić information content (AvgIpc) is 2.54. The predicted octanol–water partition coefficient (Wildman–Crippen LogP) is 0.945. The molecule has 0 aliphatic heterocycles. The summed E-state index contributed by atoms with van der Waals surface area (Å²) in [7, 11) is -4.13. The number of hydrogen-bond acceptors (Lipinski definition) is 4. The van der Waals surface area contributed by atoms with Gasteiger partial charge in [-0.1, -0.05) is 50.2 Å². The van der Waals surface area contributed by atoms with Gasteiger partial charge in [0, 0.05) is 18.2 Å². The summed E-state index contributed by atoms with van der Waals surface area (Å²) >= 11 is 0. The molecular weight excluding hydrogens is 383 g/mol. The second-order valence-electron chi connectivity index (χ2n) is 5.24. The van der Waals surface area contributed by atoms with Gasteiger partial charge in [0.25, 0.3) is 10.1 Å². The number of aliphatic carboxylic acids is 2. The van der Waals surface area contributed by atoms with Gasteiger partial charge in [0.15, 0.2) is 0 Å². The Labute approximate surface area is 182 Å². The molecule has 0 aromatic heterocycles. The number of rotatable bonds is 5. The third-order valence-corrected chi connectivity index (χ3v) is 3.87. The van der Waals surface area contributed by atoms with Gasteiger partial charge in [0.05, 0.1) is 0 Å². The van der Waals surface area contributed by atoms with E-state index in [1.807, 2.05) is 19.9 Å². The molecule has 2 rings (SSSR count). The maximum absolute atomic E-state index is 11.0. The van der Waals surface area contributed by atoms with Gasteiger partial charge < -0.3 is 11.6 Å². The van der Waals surface area contributed by atoms with E-state index in [4.69, 9.17) is 14.8 Å². The van der Waals surface area contributed by atoms with E-state index in [2.05, 4.69) is 0 Å². The minimum absolute atomic E-state index is 0. The molecule has 3 N–H and O–H groups in total. The maximum atomic E-state index is 11.0. The van der Waals surface area contributed by atoms with Crippen LogP contribution in [-0.2, 0) is 19.7 Å². The first-order valence-electron chi connectivity index (χ1n) is 8.02. The van der Waals surface area contributed by atoms with Crippen LogP contribution in [0.3, 0.4) is 0 Å². The van der Waals surface area contributed by atoms with E-state index in [0.717, 1.165) is 18.2 Å². The average molecular weight is 408 g/mol. The zero-order chi connectivity index (χ0) is 20.2. The smallest absolute Gasteiger partial charge is 1.00 e. The van der Waals surface area contributed by atoms with Gasteiger partial charge in [-0.15, -0.1) is 0 Å². The summed E-state index contributed by atoms with van der Waals surface area (Å²) in [6, 6.07) is 11.8. The zero-order valence-corrected chi connectivity index (χ0v) is 18.6. The van der Waals surface area contributed by atoms with Crippen LogP contribution >= 0.6 is 0 Å². The first-order chi connectivity index (χ1) is 12.1. The van der Waals surface area contributed by atoms with Crippen molar-refractivity contribution in [3.05, 3.63) is 42.5 Å². The van der Waals surface area contributed by atoms with Gasteiger partial charge in [-0.2, -0.15) is 8.42 Å². The summed E-state index contributed by atoms with van der Waals surface area (Å²) in [5, 5.41) is 17.2. The maximum Gasteiger partial charge on any atom is 1.00 e. The Hall–Kier alpha value is -1.45. The van der Waals surface area contributed by atoms with Crippen LogP contribution in [0, 0.1) is 0 Å². The molecule has 2 aromatic carbocycles. The normalized spacial score (nSPS) is 9.74. The van der Waals surface area contributed by atoms with Crippen LogP contribution in [0.2, 0.25) is 0 Å². The number of carboxylic acid groups (broad SMARTS) is 2. The molecule has 0 bridgehead atoms. The fourth-order valence-corrected chi connectivity index (χ4v) is 2.56. The summed E-state index contributed by atoms with van der Waals surface area (Å²) < 4.78 is 31.0. The van der Waals surface area contributed by atoms with Gasteiger partial charge in [0.1, 0.15) is 4.90 Å². The Morgan fingerprint density at radius 1 is 0.889 bits per heavy atom. The molecule has 9 heteroatoms. The number of carbonyl (C=O) groups is 2. The number of benzene rings is 2. The third kappa shape index (κ3) is 12.5. The Morgan fingerprint density at radius 2 is 1.33 bits per heavy atom. The molecule has 0 aliphatic rings. The van der Waals surface area contributed by atoms with Gasteiger partial charge >= 0.3 is 41.5 Å². The molecule has 0 aliphatic carbocycles. The molecule has 0 saturated carbocycles. The molecule has 0 unspecified atom stereocenters. The van der Waals surface area contributed by atoms with Crippen molar-refractivity contribution in [2.45, 2.75) is 44.4 Å². The van der Waals surface area contributed by atoms with E-state index in [-0.39, 0.29) is 35.9 Å². The van der Waals surface area contributed by atoms with Crippen molar-refractivity contribution in [1.29, 1.82) is 0 Å². The van der Waals surface area contributed by atoms with Crippen molar-refractivity contribution in [2.24, 2.45) is 0 Å². The zero-order valence-electron chi connectivity index (χ0n) is 16.8. The van der Waals surface area contributed by atoms with Crippen LogP contribution in [0.25, 0.3) is 10.8 Å². The Balaban J connectivity index is -0.000000381. The van der Waals surface area contributed by atoms with Crippen molar-refractivity contribution in [2.75, 3.05) is 0 Å². The quantitative estimate of drug-likeness (QED) is 0.496. The molecule has 0 amide bonds. The Bertz CT molecular complexity index is 804. The Kier molecular flexibility index (Phi) is 15.0. The Morgan fingerprint density at radius 3 is 1.70 bits per heavy atom. The van der Waals surface area contributed by atoms with Crippen molar-refractivity contribution in [1.82, 2.24) is 0 Å². The van der Waals surface area contributed by atoms with Gasteiger partial charge in [-0.3, -0.25) is 14.1 Å². The van der Waals surface area contributed by atoms with Crippen LogP contribution in [0.1, 0.15) is 41.0 Å². The van der Waals surface area contributed by atoms with Crippen molar-refractivity contribution >= 4 is 32.8 Å². The summed E-state index contributed by atoms with van der Waals surface area (Å²) in [4.78, 5) is 19.2. The van der Waals surface area contributed by atoms with Crippen molar-refractivity contribution in [3.63, 3.8) is 0 Å². The monoisotopic (exact) mass is 408 g/mol. The van der Waals surface area contributed by atoms with Crippen LogP contribution in [0.15, 0.2) is 47.4 Å². The SMILES string of the molecule is CCCC(=O)O.CCCC(=O)O.O=S(=O)(O)c1cccc2ccccc12.[H-].[Na+]. The standard InChI is InChI=1S/C10H8O3S.2C4H8O2.Na.H/c11-14(12,13)10-7-3-5-8-4-1-2-6-9(8)10;2*1-2-3-4(5)6;;/h1-7H,(H,11,12,13);2*2-3H2,1H3,(H,5,6);;/q;;;+1;-1. The van der Waals surface area contributed by atoms with E-state index in [1.54, 1.807) is 30.3 Å². The minimum Gasteiger partial charge on any atom is -1.00 e. The molecule has 0 heterocycles. The molecule has 2 aromatic rings. The molecule has 27 heavy (non-hydrogen) atoms. The second-order valence-corrected chi connectivity index (χ2v) is 6.63. The van der Waals surface area contributed by atoms with Gasteiger partial charge in [0.2, 0.25) is 0 Å². The minimum atomic E-state index is -4.13. The van der Waals surface area contributed by atoms with E-state index >= 15 is 0 Å². The van der Waals surface area contributed by atoms with Crippen molar-refractivity contribution < 1.29 is 63.8 Å². The summed E-state index contributed by atoms with van der Waals surface area (Å²) in [5.41, 5.74) is 0. The second kappa shape index (κ2) is 14.6. The number of carboxylic acids is 2. The van der Waals surface area contributed by atoms with Crippen LogP contribution in [0.4, 0.5) is 0 Å². The molecule has 0 atom stereocenters. The molecule has 0 spiro atoms. The first-order valence-corrected chi connectivity index (χ1v) is 9.46. The molecule has 0 radical (unpaired) electrons. The largest absolute Gasteiger partial charge is 1.00 e. The molecule has 0 fully saturated rings. The van der Waals surface area contributed by atoms with Crippen LogP contribution < -0.4 is 29.6 Å². The van der Waals surface area contributed by atoms with Crippen LogP contribution in [-0.4, -0.2) is 35.1 Å². The van der Waals surface area contributed by atoms with Gasteiger partial charge in [-0.05, 0) is 24.3 Å². The molecule has 0 saturated heterocycles. The fourth-order valence-electron chi connectivity index (χ4n) is 1.85. The fraction of sp³-hybridized carbons (Fsp3) is 0.333. The van der Waals surface area contributed by atoms with E-state index in [0.29, 0.717) is 18.2 Å². The number of hydrogen-bond donors (Lipinski definition) is 3. The number of fused-ring (bicyclic) bond motifs is 1. The topological polar surface area (TPSA) is 129 Å². The van der Waals surface area contributed by atoms with Crippen LogP contribution in [0.5, 0.6) is 0 Å². The molecule has 146 valence electrons. The first kappa shape index (κ1) is 27.8. The summed E-state index contributed by atoms with van der Waals surface area (Å²) in [5.74, 6) is -1.42. The summed E-state index contributed by atoms with van der Waals surface area (Å²) in [6.45, 7) is 3.68. The van der Waals surface area contributed by atoms with Gasteiger partial charge in [-0.25, -0.2) is 0 Å². The predicted molar refractivity (Wildman–Crippen MR) is 100.0 cm³/mol. The third-order valence-electron chi connectivity index (χ3n) is 2.96. The van der Waals surface area contributed by atoms with E-state index < -0.39 is 22.1 Å². The molecular formula is C18H25NaO7S.